The van der Waals surface area contributed by atoms with Crippen molar-refractivity contribution < 1.29 is 19.1 Å². The molecule has 1 aliphatic rings. The van der Waals surface area contributed by atoms with Crippen LogP contribution in [0.5, 0.6) is 5.75 Å². The van der Waals surface area contributed by atoms with Gasteiger partial charge in [0.1, 0.15) is 12.4 Å². The number of nitrogens with one attached hydrogen (secondary N) is 1. The molecule has 5 nitrogen and oxygen atoms in total. The zero-order chi connectivity index (χ0) is 18.5. The van der Waals surface area contributed by atoms with Crippen molar-refractivity contribution in [2.75, 3.05) is 18.5 Å². The number of anilines is 1. The van der Waals surface area contributed by atoms with Crippen LogP contribution in [0.15, 0.2) is 48.0 Å². The monoisotopic (exact) mass is 371 g/mol. The van der Waals surface area contributed by atoms with Gasteiger partial charge in [-0.15, -0.1) is 0 Å². The van der Waals surface area contributed by atoms with E-state index in [2.05, 4.69) is 5.32 Å². The molecule has 6 heteroatoms. The molecule has 0 aromatic heterocycles. The number of rotatable bonds is 5. The topological polar surface area (TPSA) is 64.6 Å². The zero-order valence-electron chi connectivity index (χ0n) is 14.3. The molecule has 0 bridgehead atoms. The third kappa shape index (κ3) is 4.43. The number of esters is 1. The maximum atomic E-state index is 12.2. The van der Waals surface area contributed by atoms with Crippen molar-refractivity contribution in [2.24, 2.45) is 0 Å². The number of carbonyl (C=O) groups excluding carboxylic acids is 2. The molecule has 3 rings (SSSR count). The van der Waals surface area contributed by atoms with E-state index in [1.54, 1.807) is 30.3 Å². The lowest BCUT2D eigenvalue weighted by Crippen LogP contribution is -2.24. The van der Waals surface area contributed by atoms with Crippen molar-refractivity contribution in [3.8, 4) is 5.75 Å². The average Bonchev–Trinajstić information content (AvgIpc) is 2.65. The van der Waals surface area contributed by atoms with Crippen molar-refractivity contribution >= 4 is 35.2 Å². The number of fused-ring (bicyclic) bond motifs is 1. The molecule has 1 N–H and O–H groups in total. The molecule has 0 fully saturated rings. The molecule has 0 atom stereocenters. The molecule has 0 radical (unpaired) electrons. The Morgan fingerprint density at radius 1 is 1.23 bits per heavy atom. The van der Waals surface area contributed by atoms with Crippen LogP contribution in [0.1, 0.15) is 18.1 Å². The maximum Gasteiger partial charge on any atom is 0.338 e. The summed E-state index contributed by atoms with van der Waals surface area (Å²) in [5.41, 5.74) is 2.83. The number of benzene rings is 2. The van der Waals surface area contributed by atoms with Gasteiger partial charge >= 0.3 is 5.97 Å². The second-order valence-electron chi connectivity index (χ2n) is 5.82. The molecule has 1 heterocycles. The Morgan fingerprint density at radius 2 is 2.08 bits per heavy atom. The quantitative estimate of drug-likeness (QED) is 0.810. The minimum Gasteiger partial charge on any atom is -0.488 e. The molecule has 26 heavy (non-hydrogen) atoms. The number of aryl methyl sites for hydroxylation is 1. The number of amides is 1. The summed E-state index contributed by atoms with van der Waals surface area (Å²) in [7, 11) is 0. The Bertz CT molecular complexity index is 876. The molecule has 0 aliphatic carbocycles. The second kappa shape index (κ2) is 8.06. The van der Waals surface area contributed by atoms with E-state index in [0.717, 1.165) is 12.0 Å². The van der Waals surface area contributed by atoms with Crippen LogP contribution in [0.4, 0.5) is 5.69 Å². The first-order valence-electron chi connectivity index (χ1n) is 8.24. The predicted octanol–water partition coefficient (Wildman–Crippen LogP) is 3.86. The van der Waals surface area contributed by atoms with Gasteiger partial charge in [0.2, 0.25) is 0 Å². The van der Waals surface area contributed by atoms with E-state index in [4.69, 9.17) is 21.1 Å². The second-order valence-corrected chi connectivity index (χ2v) is 6.26. The third-order valence-electron chi connectivity index (χ3n) is 3.90. The fourth-order valence-electron chi connectivity index (χ4n) is 2.56. The summed E-state index contributed by atoms with van der Waals surface area (Å²) in [6.07, 6.45) is 2.54. The van der Waals surface area contributed by atoms with Gasteiger partial charge in [-0.1, -0.05) is 30.7 Å². The lowest BCUT2D eigenvalue weighted by atomic mass is 10.1. The van der Waals surface area contributed by atoms with Gasteiger partial charge in [-0.3, -0.25) is 4.79 Å². The Balaban J connectivity index is 1.57. The molecular formula is C20H18ClNO4. The molecule has 2 aromatic rings. The standard InChI is InChI=1S/C20H18ClNO4/c1-2-13-4-3-5-17(8-13)22-19(23)12-26-20(24)15-9-14-10-16(21)6-7-18(14)25-11-15/h3-10H,2,11-12H2,1H3,(H,22,23). The Kier molecular flexibility index (Phi) is 5.58. The van der Waals surface area contributed by atoms with E-state index in [9.17, 15) is 9.59 Å². The molecule has 1 aliphatic heterocycles. The molecular weight excluding hydrogens is 354 g/mol. The van der Waals surface area contributed by atoms with Crippen molar-refractivity contribution in [1.82, 2.24) is 0 Å². The number of carbonyl (C=O) groups is 2. The summed E-state index contributed by atoms with van der Waals surface area (Å²) in [6, 6.07) is 12.7. The number of hydrogen-bond acceptors (Lipinski definition) is 4. The third-order valence-corrected chi connectivity index (χ3v) is 4.14. The predicted molar refractivity (Wildman–Crippen MR) is 100 cm³/mol. The van der Waals surface area contributed by atoms with Crippen LogP contribution in [0, 0.1) is 0 Å². The molecule has 2 aromatic carbocycles. The minimum atomic E-state index is -0.590. The lowest BCUT2D eigenvalue weighted by Gasteiger charge is -2.17. The van der Waals surface area contributed by atoms with E-state index in [1.165, 1.54) is 0 Å². The van der Waals surface area contributed by atoms with Gasteiger partial charge in [0.05, 0.1) is 5.57 Å². The molecule has 0 saturated heterocycles. The fourth-order valence-corrected chi connectivity index (χ4v) is 2.74. The summed E-state index contributed by atoms with van der Waals surface area (Å²) >= 11 is 5.95. The van der Waals surface area contributed by atoms with Crippen molar-refractivity contribution in [2.45, 2.75) is 13.3 Å². The first kappa shape index (κ1) is 18.0. The molecule has 0 saturated carbocycles. The Labute approximate surface area is 156 Å². The van der Waals surface area contributed by atoms with Crippen LogP contribution in [0.25, 0.3) is 6.08 Å². The van der Waals surface area contributed by atoms with Crippen molar-refractivity contribution in [3.05, 3.63) is 64.2 Å². The smallest absolute Gasteiger partial charge is 0.338 e. The largest absolute Gasteiger partial charge is 0.488 e. The number of hydrogen-bond donors (Lipinski definition) is 1. The minimum absolute atomic E-state index is 0.0909. The first-order valence-corrected chi connectivity index (χ1v) is 8.62. The summed E-state index contributed by atoms with van der Waals surface area (Å²) in [5.74, 6) is -0.333. The summed E-state index contributed by atoms with van der Waals surface area (Å²) in [6.45, 7) is 1.76. The zero-order valence-corrected chi connectivity index (χ0v) is 15.0. The Hall–Kier alpha value is -2.79. The number of ether oxygens (including phenoxy) is 2. The van der Waals surface area contributed by atoms with Crippen LogP contribution >= 0.6 is 11.6 Å². The van der Waals surface area contributed by atoms with Gasteiger partial charge in [-0.05, 0) is 48.4 Å². The van der Waals surface area contributed by atoms with Crippen LogP contribution in [0.2, 0.25) is 5.02 Å². The van der Waals surface area contributed by atoms with Crippen LogP contribution < -0.4 is 10.1 Å². The van der Waals surface area contributed by atoms with Crippen LogP contribution in [0.3, 0.4) is 0 Å². The van der Waals surface area contributed by atoms with E-state index >= 15 is 0 Å². The highest BCUT2D eigenvalue weighted by molar-refractivity contribution is 6.30. The van der Waals surface area contributed by atoms with Gasteiger partial charge in [-0.2, -0.15) is 0 Å². The highest BCUT2D eigenvalue weighted by Gasteiger charge is 2.19. The van der Waals surface area contributed by atoms with E-state index in [0.29, 0.717) is 27.6 Å². The Morgan fingerprint density at radius 3 is 2.88 bits per heavy atom. The van der Waals surface area contributed by atoms with Crippen LogP contribution in [-0.2, 0) is 20.7 Å². The van der Waals surface area contributed by atoms with Gasteiger partial charge in [0.15, 0.2) is 6.61 Å². The van der Waals surface area contributed by atoms with Crippen LogP contribution in [-0.4, -0.2) is 25.1 Å². The maximum absolute atomic E-state index is 12.2. The van der Waals surface area contributed by atoms with E-state index < -0.39 is 11.9 Å². The highest BCUT2D eigenvalue weighted by Crippen LogP contribution is 2.29. The molecule has 0 unspecified atom stereocenters. The van der Waals surface area contributed by atoms with Gasteiger partial charge < -0.3 is 14.8 Å². The van der Waals surface area contributed by atoms with Crippen molar-refractivity contribution in [3.63, 3.8) is 0 Å². The SMILES string of the molecule is CCc1cccc(NC(=O)COC(=O)C2=Cc3cc(Cl)ccc3OC2)c1. The normalized spacial score (nSPS) is 12.5. The molecule has 0 spiro atoms. The van der Waals surface area contributed by atoms with Gasteiger partial charge in [0.25, 0.3) is 5.91 Å². The summed E-state index contributed by atoms with van der Waals surface area (Å²) in [5, 5.41) is 3.26. The highest BCUT2D eigenvalue weighted by atomic mass is 35.5. The number of halogens is 1. The van der Waals surface area contributed by atoms with E-state index in [1.807, 2.05) is 25.1 Å². The first-order chi connectivity index (χ1) is 12.5. The van der Waals surface area contributed by atoms with E-state index in [-0.39, 0.29) is 13.2 Å². The summed E-state index contributed by atoms with van der Waals surface area (Å²) in [4.78, 5) is 24.2. The van der Waals surface area contributed by atoms with Crippen molar-refractivity contribution in [1.29, 1.82) is 0 Å². The van der Waals surface area contributed by atoms with Gasteiger partial charge in [0, 0.05) is 16.3 Å². The summed E-state index contributed by atoms with van der Waals surface area (Å²) < 4.78 is 10.6. The fraction of sp³-hybridized carbons (Fsp3) is 0.200. The average molecular weight is 372 g/mol. The lowest BCUT2D eigenvalue weighted by molar-refractivity contribution is -0.143. The molecule has 134 valence electrons. The molecule has 1 amide bonds. The van der Waals surface area contributed by atoms with Gasteiger partial charge in [-0.25, -0.2) is 4.79 Å².